The molecule has 0 spiro atoms. The molecule has 0 amide bonds. The van der Waals surface area contributed by atoms with Crippen LogP contribution >= 0.6 is 0 Å². The molecule has 13 heteroatoms. The van der Waals surface area contributed by atoms with E-state index in [2.05, 4.69) is 26.9 Å². The van der Waals surface area contributed by atoms with E-state index >= 15 is 4.39 Å². The van der Waals surface area contributed by atoms with Gasteiger partial charge in [-0.15, -0.1) is 6.42 Å². The smallest absolute Gasteiger partial charge is 0.319 e. The molecule has 1 N–H and O–H groups in total. The lowest BCUT2D eigenvalue weighted by Crippen LogP contribution is -2.51. The first-order chi connectivity index (χ1) is 22.3. The van der Waals surface area contributed by atoms with E-state index in [4.69, 9.17) is 25.6 Å². The molecule has 4 atom stereocenters. The zero-order valence-corrected chi connectivity index (χ0v) is 24.5. The van der Waals surface area contributed by atoms with Crippen LogP contribution in [-0.2, 0) is 4.74 Å². The van der Waals surface area contributed by atoms with Crippen molar-refractivity contribution in [3.8, 4) is 47.3 Å². The summed E-state index contributed by atoms with van der Waals surface area (Å²) >= 11 is 0. The molecular weight excluding hydrogens is 601 g/mol. The van der Waals surface area contributed by atoms with Gasteiger partial charge in [0, 0.05) is 23.9 Å². The first kappa shape index (κ1) is 28.6. The van der Waals surface area contributed by atoms with Crippen LogP contribution in [0.15, 0.2) is 24.3 Å². The predicted octanol–water partition coefficient (Wildman–Crippen LogP) is 4.26. The second kappa shape index (κ2) is 10.6. The third kappa shape index (κ3) is 4.37. The second-order valence-corrected chi connectivity index (χ2v) is 12.2. The number of rotatable bonds is 4. The molecule has 0 unspecified atom stereocenters. The average Bonchev–Trinajstić information content (AvgIpc) is 3.53. The summed E-state index contributed by atoms with van der Waals surface area (Å²) < 4.78 is 64.3. The Morgan fingerprint density at radius 2 is 2.02 bits per heavy atom. The van der Waals surface area contributed by atoms with E-state index in [0.29, 0.717) is 18.4 Å². The van der Waals surface area contributed by atoms with Crippen molar-refractivity contribution in [2.75, 3.05) is 44.4 Å². The van der Waals surface area contributed by atoms with Crippen molar-refractivity contribution in [1.29, 1.82) is 5.26 Å². The highest BCUT2D eigenvalue weighted by molar-refractivity contribution is 6.04. The largest absolute Gasteiger partial charge is 0.508 e. The van der Waals surface area contributed by atoms with Gasteiger partial charge in [0.1, 0.15) is 53.4 Å². The summed E-state index contributed by atoms with van der Waals surface area (Å²) in [5.74, 6) is 0.796. The molecule has 0 radical (unpaired) electrons. The maximum atomic E-state index is 16.9. The van der Waals surface area contributed by atoms with Crippen molar-refractivity contribution < 1.29 is 32.5 Å². The zero-order chi connectivity index (χ0) is 31.7. The number of halogens is 3. The van der Waals surface area contributed by atoms with Crippen molar-refractivity contribution in [2.24, 2.45) is 0 Å². The minimum absolute atomic E-state index is 0.00244. The topological polar surface area (TPSA) is 117 Å². The van der Waals surface area contributed by atoms with E-state index in [0.717, 1.165) is 19.4 Å². The Morgan fingerprint density at radius 1 is 1.15 bits per heavy atom. The van der Waals surface area contributed by atoms with Gasteiger partial charge in [-0.3, -0.25) is 4.90 Å². The van der Waals surface area contributed by atoms with Crippen molar-refractivity contribution in [3.63, 3.8) is 0 Å². The summed E-state index contributed by atoms with van der Waals surface area (Å²) in [4.78, 5) is 17.6. The molecule has 2 aromatic heterocycles. The summed E-state index contributed by atoms with van der Waals surface area (Å²) in [6.45, 7) is 1.54. The van der Waals surface area contributed by atoms with E-state index in [1.165, 1.54) is 24.3 Å². The molecule has 3 fully saturated rings. The van der Waals surface area contributed by atoms with Gasteiger partial charge < -0.3 is 24.2 Å². The number of aromatic nitrogens is 3. The number of alkyl halides is 1. The lowest BCUT2D eigenvalue weighted by molar-refractivity contribution is 0.0401. The van der Waals surface area contributed by atoms with Crippen LogP contribution in [0.5, 0.6) is 17.6 Å². The standard InChI is InChI=1S/C33H27F3N6O4/c1-2-22-24(35)5-4-17-8-20(43)9-23(25(17)22)28-27(36)29-26-30(42-13-21(11-37)44-14-19(42)15-45-31(26)38-28)40-32(39-29)46-16-33-6-3-7-41(33)12-18(34)10-33/h1,4-5,8-9,18-19,21,43H,3,6-7,10,12-16H2/t18-,19+,21+,33+/m1/s1. The average molecular weight is 629 g/mol. The summed E-state index contributed by atoms with van der Waals surface area (Å²) in [5, 5.41) is 20.9. The number of fused-ring (bicyclic) bond motifs is 4. The number of anilines is 1. The van der Waals surface area contributed by atoms with Gasteiger partial charge in [-0.05, 0) is 43.0 Å². The van der Waals surface area contributed by atoms with E-state index in [-0.39, 0.29) is 82.9 Å². The maximum absolute atomic E-state index is 16.9. The molecule has 4 aromatic rings. The highest BCUT2D eigenvalue weighted by Crippen LogP contribution is 2.44. The SMILES string of the molecule is C#Cc1c(F)ccc2cc(O)cc(-c3nc4c5c(nc(OC[C@@]67CCCN6C[C@H](F)C7)nc5c3F)N3C[C@H](C#N)OC[C@H]3CO4)c12. The molecule has 234 valence electrons. The van der Waals surface area contributed by atoms with Gasteiger partial charge in [-0.25, -0.2) is 18.2 Å². The number of hydrogen-bond acceptors (Lipinski definition) is 10. The van der Waals surface area contributed by atoms with Gasteiger partial charge in [0.25, 0.3) is 0 Å². The monoisotopic (exact) mass is 628 g/mol. The highest BCUT2D eigenvalue weighted by Gasteiger charge is 2.49. The molecule has 0 saturated carbocycles. The van der Waals surface area contributed by atoms with Crippen molar-refractivity contribution >= 4 is 27.5 Å². The molecule has 4 aliphatic rings. The molecule has 4 aliphatic heterocycles. The van der Waals surface area contributed by atoms with E-state index in [1.807, 2.05) is 4.90 Å². The fourth-order valence-corrected chi connectivity index (χ4v) is 7.41. The minimum atomic E-state index is -0.969. The number of terminal acetylenes is 1. The van der Waals surface area contributed by atoms with Gasteiger partial charge in [-0.2, -0.15) is 15.2 Å². The third-order valence-corrected chi connectivity index (χ3v) is 9.52. The first-order valence-electron chi connectivity index (χ1n) is 15.0. The lowest BCUT2D eigenvalue weighted by Gasteiger charge is -2.37. The van der Waals surface area contributed by atoms with Gasteiger partial charge in [0.15, 0.2) is 11.9 Å². The number of morpholine rings is 1. The number of ether oxygens (including phenoxy) is 3. The normalized spacial score (nSPS) is 25.4. The van der Waals surface area contributed by atoms with Gasteiger partial charge in [0.2, 0.25) is 5.88 Å². The second-order valence-electron chi connectivity index (χ2n) is 12.2. The van der Waals surface area contributed by atoms with Crippen LogP contribution in [0.2, 0.25) is 0 Å². The van der Waals surface area contributed by atoms with Crippen LogP contribution in [0.1, 0.15) is 24.8 Å². The lowest BCUT2D eigenvalue weighted by atomic mass is 9.95. The Balaban J connectivity index is 1.34. The summed E-state index contributed by atoms with van der Waals surface area (Å²) in [7, 11) is 0. The maximum Gasteiger partial charge on any atom is 0.319 e. The number of hydrogen-bond donors (Lipinski definition) is 1. The molecule has 10 nitrogen and oxygen atoms in total. The first-order valence-corrected chi connectivity index (χ1v) is 15.0. The number of benzene rings is 2. The van der Waals surface area contributed by atoms with Crippen molar-refractivity contribution in [1.82, 2.24) is 19.9 Å². The van der Waals surface area contributed by atoms with Crippen molar-refractivity contribution in [3.05, 3.63) is 41.5 Å². The number of pyridine rings is 1. The molecular formula is C33H27F3N6O4. The van der Waals surface area contributed by atoms with E-state index < -0.39 is 35.5 Å². The van der Waals surface area contributed by atoms with Gasteiger partial charge in [0.05, 0.1) is 36.4 Å². The molecule has 2 aromatic carbocycles. The van der Waals surface area contributed by atoms with Gasteiger partial charge >= 0.3 is 6.01 Å². The molecule has 0 aliphatic carbocycles. The van der Waals surface area contributed by atoms with Crippen LogP contribution in [0.3, 0.4) is 0 Å². The Morgan fingerprint density at radius 3 is 2.85 bits per heavy atom. The predicted molar refractivity (Wildman–Crippen MR) is 160 cm³/mol. The summed E-state index contributed by atoms with van der Waals surface area (Å²) in [6, 6.07) is 6.86. The van der Waals surface area contributed by atoms with Crippen LogP contribution in [-0.4, -0.2) is 88.3 Å². The number of nitriles is 1. The van der Waals surface area contributed by atoms with Crippen LogP contribution in [0.25, 0.3) is 32.9 Å². The highest BCUT2D eigenvalue weighted by atomic mass is 19.1. The van der Waals surface area contributed by atoms with E-state index in [9.17, 15) is 19.1 Å². The Labute approximate surface area is 261 Å². The van der Waals surface area contributed by atoms with Crippen LogP contribution in [0.4, 0.5) is 19.0 Å². The number of aromatic hydroxyl groups is 1. The molecule has 46 heavy (non-hydrogen) atoms. The number of nitrogens with zero attached hydrogens (tertiary/aromatic N) is 6. The van der Waals surface area contributed by atoms with Crippen LogP contribution in [0, 0.1) is 35.3 Å². The zero-order valence-electron chi connectivity index (χ0n) is 24.5. The quantitative estimate of drug-likeness (QED) is 0.329. The Bertz CT molecular complexity index is 2010. The summed E-state index contributed by atoms with van der Waals surface area (Å²) in [6.07, 6.45) is 5.92. The fraction of sp³-hybridized carbons (Fsp3) is 0.394. The van der Waals surface area contributed by atoms with Crippen molar-refractivity contribution in [2.45, 2.75) is 43.1 Å². The molecule has 8 rings (SSSR count). The van der Waals surface area contributed by atoms with Gasteiger partial charge in [-0.1, -0.05) is 12.0 Å². The summed E-state index contributed by atoms with van der Waals surface area (Å²) in [5.41, 5.74) is -1.05. The number of phenols is 1. The Hall–Kier alpha value is -4.85. The molecule has 6 heterocycles. The number of phenolic OH excluding ortho intramolecular Hbond substituents is 1. The molecule has 3 saturated heterocycles. The third-order valence-electron chi connectivity index (χ3n) is 9.52. The van der Waals surface area contributed by atoms with E-state index in [1.54, 1.807) is 0 Å². The Kier molecular flexibility index (Phi) is 6.60. The minimum Gasteiger partial charge on any atom is -0.508 e. The fourth-order valence-electron chi connectivity index (χ4n) is 7.41. The van der Waals surface area contributed by atoms with Crippen LogP contribution < -0.4 is 14.4 Å². The molecule has 0 bridgehead atoms.